The molecule has 2 amide bonds. The molecule has 2 heterocycles. The van der Waals surface area contributed by atoms with Crippen molar-refractivity contribution in [1.29, 1.82) is 0 Å². The SMILES string of the molecule is COc1cc2nccc(Oc3ccc(NC(=O)C4(C(=O)Nc5ccc(F)cc5)CC4)cc3)c2cc1-c1cccn1C(=O)O. The molecular formula is C32H25FN4O6. The van der Waals surface area contributed by atoms with Gasteiger partial charge < -0.3 is 25.2 Å². The minimum absolute atomic E-state index is 0.409. The molecule has 2 aromatic heterocycles. The van der Waals surface area contributed by atoms with Crippen molar-refractivity contribution in [1.82, 2.24) is 9.55 Å². The summed E-state index contributed by atoms with van der Waals surface area (Å²) < 4.78 is 26.0. The van der Waals surface area contributed by atoms with Crippen molar-refractivity contribution < 1.29 is 33.4 Å². The minimum Gasteiger partial charge on any atom is -0.496 e. The summed E-state index contributed by atoms with van der Waals surface area (Å²) in [4.78, 5) is 42.0. The summed E-state index contributed by atoms with van der Waals surface area (Å²) in [5, 5.41) is 15.7. The predicted molar refractivity (Wildman–Crippen MR) is 157 cm³/mol. The molecule has 43 heavy (non-hydrogen) atoms. The molecule has 216 valence electrons. The maximum absolute atomic E-state index is 13.2. The Balaban J connectivity index is 1.19. The van der Waals surface area contributed by atoms with Crippen LogP contribution in [0, 0.1) is 11.2 Å². The van der Waals surface area contributed by atoms with Crippen molar-refractivity contribution in [2.75, 3.05) is 17.7 Å². The van der Waals surface area contributed by atoms with Crippen LogP contribution in [-0.2, 0) is 9.59 Å². The Morgan fingerprint density at radius 1 is 0.907 bits per heavy atom. The number of anilines is 2. The first kappa shape index (κ1) is 27.5. The zero-order valence-electron chi connectivity index (χ0n) is 22.8. The van der Waals surface area contributed by atoms with Gasteiger partial charge in [0.05, 0.1) is 18.3 Å². The molecule has 3 aromatic carbocycles. The van der Waals surface area contributed by atoms with E-state index in [-0.39, 0.29) is 0 Å². The number of nitrogens with one attached hydrogen (secondary N) is 2. The Labute approximate surface area is 244 Å². The van der Waals surface area contributed by atoms with Gasteiger partial charge in [0, 0.05) is 40.8 Å². The summed E-state index contributed by atoms with van der Waals surface area (Å²) in [6, 6.07) is 20.5. The summed E-state index contributed by atoms with van der Waals surface area (Å²) >= 11 is 0. The molecule has 0 aliphatic heterocycles. The third-order valence-corrected chi connectivity index (χ3v) is 7.31. The van der Waals surface area contributed by atoms with E-state index in [2.05, 4.69) is 15.6 Å². The van der Waals surface area contributed by atoms with Crippen molar-refractivity contribution in [3.05, 3.63) is 97.1 Å². The number of benzene rings is 3. The number of amides is 2. The minimum atomic E-state index is -1.18. The monoisotopic (exact) mass is 580 g/mol. The second kappa shape index (κ2) is 10.9. The lowest BCUT2D eigenvalue weighted by Gasteiger charge is -2.16. The fraction of sp³-hybridized carbons (Fsp3) is 0.125. The summed E-state index contributed by atoms with van der Waals surface area (Å²) in [6.07, 6.45) is 2.74. The van der Waals surface area contributed by atoms with E-state index in [1.165, 1.54) is 37.6 Å². The summed E-state index contributed by atoms with van der Waals surface area (Å²) in [5.41, 5.74) is 1.29. The van der Waals surface area contributed by atoms with Gasteiger partial charge in [0.15, 0.2) is 0 Å². The van der Waals surface area contributed by atoms with Crippen LogP contribution in [0.4, 0.5) is 20.6 Å². The Hall–Kier alpha value is -5.71. The number of hydrogen-bond donors (Lipinski definition) is 3. The molecule has 1 aliphatic rings. The van der Waals surface area contributed by atoms with Crippen LogP contribution in [-0.4, -0.2) is 39.7 Å². The zero-order valence-corrected chi connectivity index (χ0v) is 22.8. The molecule has 0 bridgehead atoms. The molecule has 0 spiro atoms. The molecule has 1 fully saturated rings. The van der Waals surface area contributed by atoms with E-state index in [1.54, 1.807) is 60.8 Å². The van der Waals surface area contributed by atoms with E-state index in [0.29, 0.717) is 63.6 Å². The number of aromatic nitrogens is 2. The molecule has 0 unspecified atom stereocenters. The highest BCUT2D eigenvalue weighted by Crippen LogP contribution is 2.47. The largest absolute Gasteiger partial charge is 0.496 e. The molecule has 0 radical (unpaired) electrons. The second-order valence-corrected chi connectivity index (χ2v) is 10.0. The maximum atomic E-state index is 13.2. The molecule has 1 aliphatic carbocycles. The van der Waals surface area contributed by atoms with Gasteiger partial charge in [-0.1, -0.05) is 0 Å². The lowest BCUT2D eigenvalue weighted by molar-refractivity contribution is -0.131. The molecule has 5 aromatic rings. The summed E-state index contributed by atoms with van der Waals surface area (Å²) in [7, 11) is 1.50. The molecule has 1 saturated carbocycles. The Morgan fingerprint density at radius 3 is 2.16 bits per heavy atom. The number of carbonyl (C=O) groups excluding carboxylic acids is 2. The normalized spacial score (nSPS) is 13.3. The molecule has 0 atom stereocenters. The third kappa shape index (κ3) is 5.35. The number of halogens is 1. The van der Waals surface area contributed by atoms with E-state index in [1.807, 2.05) is 0 Å². The van der Waals surface area contributed by atoms with Crippen LogP contribution in [0.2, 0.25) is 0 Å². The molecule has 11 heteroatoms. The Kier molecular flexibility index (Phi) is 6.98. The number of carboxylic acid groups (broad SMARTS) is 1. The smallest absolute Gasteiger partial charge is 0.416 e. The van der Waals surface area contributed by atoms with E-state index >= 15 is 0 Å². The highest BCUT2D eigenvalue weighted by Gasteiger charge is 2.56. The topological polar surface area (TPSA) is 132 Å². The van der Waals surface area contributed by atoms with Gasteiger partial charge in [-0.3, -0.25) is 19.1 Å². The van der Waals surface area contributed by atoms with Crippen LogP contribution in [0.15, 0.2) is 91.3 Å². The van der Waals surface area contributed by atoms with Crippen molar-refractivity contribution >= 4 is 40.2 Å². The number of methoxy groups -OCH3 is 1. The van der Waals surface area contributed by atoms with Crippen LogP contribution in [0.5, 0.6) is 17.2 Å². The number of hydrogen-bond acceptors (Lipinski definition) is 6. The lowest BCUT2D eigenvalue weighted by atomic mass is 10.0. The Bertz CT molecular complexity index is 1860. The highest BCUT2D eigenvalue weighted by atomic mass is 19.1. The molecule has 10 nitrogen and oxygen atoms in total. The van der Waals surface area contributed by atoms with Crippen molar-refractivity contribution in [3.8, 4) is 28.5 Å². The Morgan fingerprint density at radius 2 is 1.56 bits per heavy atom. The number of rotatable bonds is 8. The van der Waals surface area contributed by atoms with Gasteiger partial charge in [0.2, 0.25) is 11.8 Å². The predicted octanol–water partition coefficient (Wildman–Crippen LogP) is 6.53. The molecule has 3 N–H and O–H groups in total. The van der Waals surface area contributed by atoms with Crippen molar-refractivity contribution in [2.45, 2.75) is 12.8 Å². The summed E-state index contributed by atoms with van der Waals surface area (Å²) in [5.74, 6) is 0.137. The van der Waals surface area contributed by atoms with Crippen LogP contribution in [0.25, 0.3) is 22.2 Å². The lowest BCUT2D eigenvalue weighted by Crippen LogP contribution is -2.35. The fourth-order valence-electron chi connectivity index (χ4n) is 4.82. The molecule has 6 rings (SSSR count). The van der Waals surface area contributed by atoms with Crippen LogP contribution < -0.4 is 20.1 Å². The van der Waals surface area contributed by atoms with Crippen LogP contribution >= 0.6 is 0 Å². The number of carbonyl (C=O) groups is 3. The van der Waals surface area contributed by atoms with Crippen molar-refractivity contribution in [2.24, 2.45) is 5.41 Å². The summed E-state index contributed by atoms with van der Waals surface area (Å²) in [6.45, 7) is 0. The quantitative estimate of drug-likeness (QED) is 0.178. The van der Waals surface area contributed by atoms with E-state index in [4.69, 9.17) is 9.47 Å². The van der Waals surface area contributed by atoms with Gasteiger partial charge in [-0.05, 0) is 85.6 Å². The third-order valence-electron chi connectivity index (χ3n) is 7.31. The highest BCUT2D eigenvalue weighted by molar-refractivity contribution is 6.16. The van der Waals surface area contributed by atoms with Gasteiger partial charge in [0.1, 0.15) is 28.5 Å². The van der Waals surface area contributed by atoms with Crippen molar-refractivity contribution in [3.63, 3.8) is 0 Å². The second-order valence-electron chi connectivity index (χ2n) is 10.0. The van der Waals surface area contributed by atoms with Gasteiger partial charge >= 0.3 is 6.09 Å². The standard InChI is InChI=1S/C32H25FN4O6/c1-42-28-18-25-23(17-24(28)26-3-2-16-37(26)31(40)41)27(12-15-34-25)43-22-10-8-21(9-11-22)36-30(39)32(13-14-32)29(38)35-20-6-4-19(33)5-7-20/h2-12,15-18H,13-14H2,1H3,(H,35,38)(H,36,39)(H,40,41). The number of ether oxygens (including phenoxy) is 2. The number of nitrogens with zero attached hydrogens (tertiary/aromatic N) is 2. The average Bonchev–Trinajstić information content (AvgIpc) is 3.68. The van der Waals surface area contributed by atoms with Gasteiger partial charge in [-0.2, -0.15) is 0 Å². The van der Waals surface area contributed by atoms with E-state index in [0.717, 1.165) is 4.57 Å². The molecule has 0 saturated heterocycles. The number of fused-ring (bicyclic) bond motifs is 1. The first-order valence-electron chi connectivity index (χ1n) is 13.3. The van der Waals surface area contributed by atoms with Gasteiger partial charge in [-0.25, -0.2) is 9.18 Å². The fourth-order valence-corrected chi connectivity index (χ4v) is 4.82. The maximum Gasteiger partial charge on any atom is 0.416 e. The van der Waals surface area contributed by atoms with Crippen LogP contribution in [0.3, 0.4) is 0 Å². The van der Waals surface area contributed by atoms with Gasteiger partial charge in [0.25, 0.3) is 0 Å². The zero-order chi connectivity index (χ0) is 30.1. The van der Waals surface area contributed by atoms with Crippen LogP contribution in [0.1, 0.15) is 12.8 Å². The number of pyridine rings is 1. The average molecular weight is 581 g/mol. The first-order valence-corrected chi connectivity index (χ1v) is 13.3. The molecular weight excluding hydrogens is 555 g/mol. The van der Waals surface area contributed by atoms with Gasteiger partial charge in [-0.15, -0.1) is 0 Å². The first-order chi connectivity index (χ1) is 20.8. The van der Waals surface area contributed by atoms with E-state index < -0.39 is 29.1 Å². The van der Waals surface area contributed by atoms with E-state index in [9.17, 15) is 23.9 Å².